The van der Waals surface area contributed by atoms with E-state index in [1.54, 1.807) is 43.3 Å². The van der Waals surface area contributed by atoms with Crippen LogP contribution in [0.1, 0.15) is 18.7 Å². The maximum atomic E-state index is 13.0. The number of amides is 1. The van der Waals surface area contributed by atoms with Gasteiger partial charge in [-0.05, 0) is 67.6 Å². The first kappa shape index (κ1) is 21.2. The van der Waals surface area contributed by atoms with Gasteiger partial charge in [0.2, 0.25) is 5.91 Å². The predicted octanol–water partition coefficient (Wildman–Crippen LogP) is 2.99. The highest BCUT2D eigenvalue weighted by Crippen LogP contribution is 2.28. The third-order valence-corrected chi connectivity index (χ3v) is 4.37. The minimum atomic E-state index is -1.17. The van der Waals surface area contributed by atoms with Crippen LogP contribution in [0.4, 0.5) is 10.1 Å². The van der Waals surface area contributed by atoms with Gasteiger partial charge >= 0.3 is 0 Å². The number of carbonyl (C=O) groups excluding carboxylic acids is 1. The van der Waals surface area contributed by atoms with Crippen molar-refractivity contribution in [2.75, 3.05) is 11.9 Å². The number of aliphatic hydroxyl groups is 2. The molecule has 2 atom stereocenters. The van der Waals surface area contributed by atoms with E-state index in [9.17, 15) is 19.4 Å². The Balaban J connectivity index is 1.87. The van der Waals surface area contributed by atoms with E-state index in [4.69, 9.17) is 10.5 Å². The Hall–Kier alpha value is -3.49. The average molecular weight is 411 g/mol. The van der Waals surface area contributed by atoms with Crippen LogP contribution in [-0.2, 0) is 4.79 Å². The number of hydrogen-bond acceptors (Lipinski definition) is 6. The molecule has 8 heteroatoms. The summed E-state index contributed by atoms with van der Waals surface area (Å²) in [6, 6.07) is 15.3. The second-order valence-corrected chi connectivity index (χ2v) is 6.71. The predicted molar refractivity (Wildman–Crippen MR) is 110 cm³/mol. The minimum Gasteiger partial charge on any atom is -0.457 e. The van der Waals surface area contributed by atoms with E-state index < -0.39 is 24.7 Å². The molecule has 156 valence electrons. The Labute approximate surface area is 173 Å². The van der Waals surface area contributed by atoms with Gasteiger partial charge in [-0.15, -0.1) is 0 Å². The molecule has 1 heterocycles. The number of nitrogens with zero attached hydrogens (tertiary/aromatic N) is 1. The number of benzene rings is 2. The van der Waals surface area contributed by atoms with Crippen molar-refractivity contribution in [2.45, 2.75) is 19.1 Å². The van der Waals surface area contributed by atoms with E-state index in [2.05, 4.69) is 10.3 Å². The summed E-state index contributed by atoms with van der Waals surface area (Å²) in [4.78, 5) is 15.8. The molecule has 1 unspecified atom stereocenters. The molecule has 2 aromatic carbocycles. The van der Waals surface area contributed by atoms with Gasteiger partial charge in [0.1, 0.15) is 29.5 Å². The Morgan fingerprint density at radius 1 is 1.13 bits per heavy atom. The van der Waals surface area contributed by atoms with E-state index in [-0.39, 0.29) is 11.5 Å². The van der Waals surface area contributed by atoms with E-state index >= 15 is 0 Å². The molecule has 0 aliphatic rings. The van der Waals surface area contributed by atoms with Crippen molar-refractivity contribution >= 4 is 11.6 Å². The minimum absolute atomic E-state index is 0.251. The molecule has 7 nitrogen and oxygen atoms in total. The summed E-state index contributed by atoms with van der Waals surface area (Å²) in [5, 5.41) is 22.3. The van der Waals surface area contributed by atoms with Crippen molar-refractivity contribution in [2.24, 2.45) is 5.73 Å². The van der Waals surface area contributed by atoms with E-state index in [0.717, 1.165) is 5.56 Å². The lowest BCUT2D eigenvalue weighted by Gasteiger charge is -2.16. The molecule has 0 bridgehead atoms. The zero-order valence-corrected chi connectivity index (χ0v) is 16.2. The molecular formula is C22H22FN3O4. The molecule has 1 aromatic heterocycles. The van der Waals surface area contributed by atoms with Gasteiger partial charge in [-0.25, -0.2) is 9.37 Å². The Bertz CT molecular complexity index is 1010. The second-order valence-electron chi connectivity index (χ2n) is 6.71. The van der Waals surface area contributed by atoms with Crippen LogP contribution in [0.15, 0.2) is 60.7 Å². The summed E-state index contributed by atoms with van der Waals surface area (Å²) in [6.07, 6.45) is -1.17. The van der Waals surface area contributed by atoms with Crippen LogP contribution in [0.3, 0.4) is 0 Å². The lowest BCUT2D eigenvalue weighted by molar-refractivity contribution is -0.118. The lowest BCUT2D eigenvalue weighted by atomic mass is 10.1. The third-order valence-electron chi connectivity index (χ3n) is 4.37. The SMILES string of the molecule is CC(Nc1cc(-c2ccc(Oc3ccc(F)cc3)cc2)nc([C@H](O)CO)c1)C(N)=O. The summed E-state index contributed by atoms with van der Waals surface area (Å²) in [5.41, 5.74) is 7.33. The number of aliphatic hydroxyl groups excluding tert-OH is 2. The number of hydrogen-bond donors (Lipinski definition) is 4. The first-order valence-electron chi connectivity index (χ1n) is 9.26. The molecule has 0 saturated heterocycles. The number of nitrogens with one attached hydrogen (secondary N) is 1. The fraction of sp³-hybridized carbons (Fsp3) is 0.182. The van der Waals surface area contributed by atoms with Gasteiger partial charge in [-0.2, -0.15) is 0 Å². The van der Waals surface area contributed by atoms with Crippen molar-refractivity contribution < 1.29 is 24.1 Å². The molecule has 5 N–H and O–H groups in total. The molecule has 0 aliphatic carbocycles. The number of ether oxygens (including phenoxy) is 1. The monoisotopic (exact) mass is 411 g/mol. The van der Waals surface area contributed by atoms with Crippen molar-refractivity contribution in [1.82, 2.24) is 4.98 Å². The van der Waals surface area contributed by atoms with Crippen LogP contribution in [-0.4, -0.2) is 33.8 Å². The molecule has 0 aliphatic heterocycles. The second kappa shape index (κ2) is 9.34. The third kappa shape index (κ3) is 5.31. The van der Waals surface area contributed by atoms with Gasteiger partial charge in [0.15, 0.2) is 0 Å². The van der Waals surface area contributed by atoms with Crippen molar-refractivity contribution in [1.29, 1.82) is 0 Å². The fourth-order valence-electron chi connectivity index (χ4n) is 2.70. The van der Waals surface area contributed by atoms with Crippen LogP contribution in [0.2, 0.25) is 0 Å². The number of aromatic nitrogens is 1. The Morgan fingerprint density at radius 3 is 2.30 bits per heavy atom. The highest BCUT2D eigenvalue weighted by atomic mass is 19.1. The van der Waals surface area contributed by atoms with Crippen LogP contribution in [0.25, 0.3) is 11.3 Å². The van der Waals surface area contributed by atoms with Gasteiger partial charge in [-0.1, -0.05) is 0 Å². The number of pyridine rings is 1. The number of nitrogens with two attached hydrogens (primary N) is 1. The van der Waals surface area contributed by atoms with Gasteiger partial charge < -0.3 is 26.0 Å². The molecule has 1 amide bonds. The molecule has 0 fully saturated rings. The van der Waals surface area contributed by atoms with Gasteiger partial charge in [0, 0.05) is 11.3 Å². The zero-order valence-electron chi connectivity index (χ0n) is 16.2. The first-order chi connectivity index (χ1) is 14.4. The smallest absolute Gasteiger partial charge is 0.239 e. The normalized spacial score (nSPS) is 12.8. The average Bonchev–Trinajstić information content (AvgIpc) is 2.75. The van der Waals surface area contributed by atoms with Gasteiger partial charge in [-0.3, -0.25) is 4.79 Å². The maximum Gasteiger partial charge on any atom is 0.239 e. The van der Waals surface area contributed by atoms with Gasteiger partial charge in [0.25, 0.3) is 0 Å². The Morgan fingerprint density at radius 2 is 1.73 bits per heavy atom. The number of halogens is 1. The molecule has 3 rings (SSSR count). The zero-order chi connectivity index (χ0) is 21.7. The standard InChI is InChI=1S/C22H22FN3O4/c1-13(22(24)29)25-16-10-19(26-20(11-16)21(28)12-27)14-2-6-17(7-3-14)30-18-8-4-15(23)5-9-18/h2-11,13,21,27-28H,12H2,1H3,(H2,24,29)(H,25,26)/t13?,21-/m1/s1. The number of carbonyl (C=O) groups is 1. The van der Waals surface area contributed by atoms with E-state index in [0.29, 0.717) is 22.9 Å². The Kier molecular flexibility index (Phi) is 6.61. The highest BCUT2D eigenvalue weighted by molar-refractivity contribution is 5.82. The van der Waals surface area contributed by atoms with Crippen molar-refractivity contribution in [3.8, 4) is 22.8 Å². The molecule has 0 saturated carbocycles. The number of rotatable bonds is 8. The van der Waals surface area contributed by atoms with Crippen LogP contribution < -0.4 is 15.8 Å². The lowest BCUT2D eigenvalue weighted by Crippen LogP contribution is -2.32. The maximum absolute atomic E-state index is 13.0. The van der Waals surface area contributed by atoms with Crippen LogP contribution >= 0.6 is 0 Å². The summed E-state index contributed by atoms with van der Waals surface area (Å²) < 4.78 is 18.7. The van der Waals surface area contributed by atoms with Gasteiger partial charge in [0.05, 0.1) is 18.0 Å². The topological polar surface area (TPSA) is 118 Å². The van der Waals surface area contributed by atoms with Crippen LogP contribution in [0.5, 0.6) is 11.5 Å². The van der Waals surface area contributed by atoms with E-state index in [1.807, 2.05) is 0 Å². The first-order valence-corrected chi connectivity index (χ1v) is 9.26. The summed E-state index contributed by atoms with van der Waals surface area (Å²) in [5.74, 6) is 0.184. The number of anilines is 1. The van der Waals surface area contributed by atoms with Crippen LogP contribution in [0, 0.1) is 5.82 Å². The van der Waals surface area contributed by atoms with Crippen molar-refractivity contribution in [3.05, 3.63) is 72.2 Å². The molecule has 30 heavy (non-hydrogen) atoms. The largest absolute Gasteiger partial charge is 0.457 e. The van der Waals surface area contributed by atoms with E-state index in [1.165, 1.54) is 24.3 Å². The molecule has 0 radical (unpaired) electrons. The quantitative estimate of drug-likeness (QED) is 0.453. The molecule has 0 spiro atoms. The van der Waals surface area contributed by atoms with Crippen molar-refractivity contribution in [3.63, 3.8) is 0 Å². The summed E-state index contributed by atoms with van der Waals surface area (Å²) in [6.45, 7) is 1.12. The molecular weight excluding hydrogens is 389 g/mol. The molecule has 3 aromatic rings. The highest BCUT2D eigenvalue weighted by Gasteiger charge is 2.15. The summed E-state index contributed by atoms with van der Waals surface area (Å²) in [7, 11) is 0. The summed E-state index contributed by atoms with van der Waals surface area (Å²) >= 11 is 0. The number of primary amides is 1. The fourth-order valence-corrected chi connectivity index (χ4v) is 2.70.